The number of hydrogen-bond donors (Lipinski definition) is 0. The first-order chi connectivity index (χ1) is 18.4. The smallest absolute Gasteiger partial charge is 0.259 e. The summed E-state index contributed by atoms with van der Waals surface area (Å²) in [7, 11) is 0. The summed E-state index contributed by atoms with van der Waals surface area (Å²) in [4.78, 5) is 23.9. The molecule has 2 aromatic carbocycles. The quantitative estimate of drug-likeness (QED) is 0.426. The first-order valence-electron chi connectivity index (χ1n) is 12.9. The second-order valence-corrected chi connectivity index (χ2v) is 10.4. The van der Waals surface area contributed by atoms with Crippen molar-refractivity contribution in [2.75, 3.05) is 13.1 Å². The molecule has 0 atom stereocenters. The number of guanidine groups is 1. The maximum atomic E-state index is 15.1. The van der Waals surface area contributed by atoms with E-state index in [9.17, 15) is 18.8 Å². The van der Waals surface area contributed by atoms with Gasteiger partial charge >= 0.3 is 0 Å². The lowest BCUT2D eigenvalue weighted by molar-refractivity contribution is -0.124. The lowest BCUT2D eigenvalue weighted by atomic mass is 9.99. The predicted molar refractivity (Wildman–Crippen MR) is 144 cm³/mol. The molecule has 0 N–H and O–H groups in total. The van der Waals surface area contributed by atoms with E-state index in [1.807, 2.05) is 50.5 Å². The zero-order valence-corrected chi connectivity index (χ0v) is 23.1. The monoisotopic (exact) mass is 535 g/mol. The molecule has 9 heteroatoms. The molecule has 0 saturated carbocycles. The molecule has 2 aliphatic rings. The first-order valence-corrected chi connectivity index (χ1v) is 12.9. The second-order valence-electron chi connectivity index (χ2n) is 10.4. The minimum absolute atomic E-state index is 0.0473. The summed E-state index contributed by atoms with van der Waals surface area (Å²) in [6.45, 7) is 12.2. The van der Waals surface area contributed by atoms with E-state index in [1.54, 1.807) is 17.9 Å². The zero-order valence-electron chi connectivity index (χ0n) is 23.1. The van der Waals surface area contributed by atoms with E-state index in [4.69, 9.17) is 4.99 Å². The molecule has 0 aromatic heterocycles. The van der Waals surface area contributed by atoms with Gasteiger partial charge in [0.25, 0.3) is 5.91 Å². The second kappa shape index (κ2) is 10.6. The Morgan fingerprint density at radius 2 is 1.85 bits per heavy atom. The maximum absolute atomic E-state index is 15.1. The van der Waals surface area contributed by atoms with Gasteiger partial charge in [-0.3, -0.25) is 14.6 Å². The Hall–Kier alpha value is -4.06. The largest absolute Gasteiger partial charge is 0.322 e. The van der Waals surface area contributed by atoms with E-state index >= 15 is 4.39 Å². The molecule has 0 fully saturated rings. The number of aliphatic imine (C=N–C) groups is 1. The molecule has 6 nitrogen and oxygen atoms in total. The van der Waals surface area contributed by atoms with Crippen LogP contribution in [0.3, 0.4) is 0 Å². The number of nitrogens with zero attached hydrogens (tertiary/aromatic N) is 5. The standard InChI is InChI=1S/C30H32F3N5O/c1-7-18(3)26(20-10-12-24(32)22(13-20)15-34)37(16-21-9-11-23(31)14-25(21)33)27-19(4)28(39)36(8-2)29-35-30(5,6)17-38(27)29/h9-14H,7-8,16-17H2,1-6H3. The normalized spacial score (nSPS) is 17.1. The van der Waals surface area contributed by atoms with Crippen molar-refractivity contribution >= 4 is 17.6 Å². The number of carbonyl (C=O) groups excluding carboxylic acids is 1. The van der Waals surface area contributed by atoms with Crippen LogP contribution < -0.4 is 0 Å². The lowest BCUT2D eigenvalue weighted by Crippen LogP contribution is -2.53. The number of allylic oxidation sites excluding steroid dienone is 1. The van der Waals surface area contributed by atoms with Crippen molar-refractivity contribution in [1.29, 1.82) is 5.26 Å². The molecule has 0 aliphatic carbocycles. The molecule has 0 spiro atoms. The summed E-state index contributed by atoms with van der Waals surface area (Å²) < 4.78 is 43.2. The van der Waals surface area contributed by atoms with Crippen LogP contribution in [0.25, 0.3) is 5.70 Å². The van der Waals surface area contributed by atoms with Gasteiger partial charge in [-0.1, -0.05) is 13.0 Å². The van der Waals surface area contributed by atoms with Crippen LogP contribution in [0.4, 0.5) is 13.2 Å². The Morgan fingerprint density at radius 1 is 1.13 bits per heavy atom. The number of fused-ring (bicyclic) bond motifs is 1. The molecule has 204 valence electrons. The minimum atomic E-state index is -0.725. The molecule has 2 aromatic rings. The molecule has 0 unspecified atom stereocenters. The van der Waals surface area contributed by atoms with Gasteiger partial charge in [-0.15, -0.1) is 0 Å². The molecule has 2 aliphatic heterocycles. The highest BCUT2D eigenvalue weighted by atomic mass is 19.1. The molecular weight excluding hydrogens is 503 g/mol. The van der Waals surface area contributed by atoms with E-state index in [-0.39, 0.29) is 23.6 Å². The highest BCUT2D eigenvalue weighted by Gasteiger charge is 2.45. The number of carbonyl (C=O) groups is 1. The van der Waals surface area contributed by atoms with Crippen LogP contribution in [0.2, 0.25) is 0 Å². The Bertz CT molecular complexity index is 1470. The van der Waals surface area contributed by atoms with Gasteiger partial charge in [-0.05, 0) is 76.4 Å². The summed E-state index contributed by atoms with van der Waals surface area (Å²) >= 11 is 0. The number of hydrogen-bond acceptors (Lipinski definition) is 5. The third-order valence-corrected chi connectivity index (χ3v) is 7.07. The van der Waals surface area contributed by atoms with Gasteiger partial charge in [0.05, 0.1) is 29.8 Å². The van der Waals surface area contributed by atoms with Crippen LogP contribution in [0.1, 0.15) is 64.7 Å². The third kappa shape index (κ3) is 5.16. The number of benzene rings is 2. The molecule has 2 heterocycles. The third-order valence-electron chi connectivity index (χ3n) is 7.07. The average molecular weight is 536 g/mol. The van der Waals surface area contributed by atoms with Crippen molar-refractivity contribution in [2.45, 2.75) is 60.0 Å². The van der Waals surface area contributed by atoms with Crippen LogP contribution in [-0.4, -0.2) is 45.2 Å². The Morgan fingerprint density at radius 3 is 2.46 bits per heavy atom. The van der Waals surface area contributed by atoms with Crippen LogP contribution in [0.15, 0.2) is 58.4 Å². The van der Waals surface area contributed by atoms with Crippen molar-refractivity contribution in [3.63, 3.8) is 0 Å². The SMILES string of the molecule is CCC(C)=C(c1ccc(F)c(C#N)c1)N(Cc1ccc(F)cc1F)C1=C(C)C(=O)N(CC)C2=NC(C)(C)CN21. The molecule has 0 bridgehead atoms. The fourth-order valence-electron chi connectivity index (χ4n) is 5.06. The van der Waals surface area contributed by atoms with Crippen LogP contribution in [0, 0.1) is 28.8 Å². The predicted octanol–water partition coefficient (Wildman–Crippen LogP) is 6.16. The minimum Gasteiger partial charge on any atom is -0.322 e. The van der Waals surface area contributed by atoms with Gasteiger partial charge in [0.2, 0.25) is 5.96 Å². The summed E-state index contributed by atoms with van der Waals surface area (Å²) in [6.07, 6.45) is 0.588. The number of nitriles is 1. The van der Waals surface area contributed by atoms with E-state index in [2.05, 4.69) is 0 Å². The summed E-state index contributed by atoms with van der Waals surface area (Å²) in [5.41, 5.74) is 2.03. The van der Waals surface area contributed by atoms with E-state index in [0.29, 0.717) is 48.1 Å². The molecular formula is C30H32F3N5O. The van der Waals surface area contributed by atoms with Gasteiger partial charge in [-0.2, -0.15) is 5.26 Å². The Balaban J connectivity index is 2.02. The van der Waals surface area contributed by atoms with Crippen molar-refractivity contribution < 1.29 is 18.0 Å². The van der Waals surface area contributed by atoms with Gasteiger partial charge in [0.15, 0.2) is 0 Å². The van der Waals surface area contributed by atoms with E-state index < -0.39 is 23.0 Å². The summed E-state index contributed by atoms with van der Waals surface area (Å²) in [6, 6.07) is 9.54. The first kappa shape index (κ1) is 28.0. The highest BCUT2D eigenvalue weighted by molar-refractivity contribution is 6.09. The van der Waals surface area contributed by atoms with Gasteiger partial charge in [0.1, 0.15) is 29.3 Å². The van der Waals surface area contributed by atoms with Crippen LogP contribution in [0.5, 0.6) is 0 Å². The van der Waals surface area contributed by atoms with Crippen molar-refractivity contribution in [3.8, 4) is 6.07 Å². The molecule has 4 rings (SSSR count). The van der Waals surface area contributed by atoms with Gasteiger partial charge in [-0.25, -0.2) is 18.2 Å². The molecule has 0 saturated heterocycles. The fraction of sp³-hybridized carbons (Fsp3) is 0.367. The fourth-order valence-corrected chi connectivity index (χ4v) is 5.06. The van der Waals surface area contributed by atoms with E-state index in [1.165, 1.54) is 24.3 Å². The van der Waals surface area contributed by atoms with E-state index in [0.717, 1.165) is 11.6 Å². The van der Waals surface area contributed by atoms with Gasteiger partial charge in [0, 0.05) is 23.9 Å². The molecule has 1 amide bonds. The number of halogens is 3. The van der Waals surface area contributed by atoms with Crippen molar-refractivity contribution in [2.24, 2.45) is 4.99 Å². The number of likely N-dealkylation sites (N-methyl/N-ethyl adjacent to an activating group) is 1. The van der Waals surface area contributed by atoms with Crippen LogP contribution >= 0.6 is 0 Å². The van der Waals surface area contributed by atoms with Crippen molar-refractivity contribution in [1.82, 2.24) is 14.7 Å². The number of rotatable bonds is 7. The highest BCUT2D eigenvalue weighted by Crippen LogP contribution is 2.39. The zero-order chi connectivity index (χ0) is 28.6. The van der Waals surface area contributed by atoms with Gasteiger partial charge < -0.3 is 4.90 Å². The number of amides is 1. The Kier molecular flexibility index (Phi) is 7.60. The van der Waals surface area contributed by atoms with Crippen molar-refractivity contribution in [3.05, 3.63) is 87.5 Å². The summed E-state index contributed by atoms with van der Waals surface area (Å²) in [5, 5.41) is 9.53. The lowest BCUT2D eigenvalue weighted by Gasteiger charge is -2.43. The molecule has 39 heavy (non-hydrogen) atoms. The summed E-state index contributed by atoms with van der Waals surface area (Å²) in [5.74, 6) is -1.28. The Labute approximate surface area is 227 Å². The van der Waals surface area contributed by atoms with Crippen LogP contribution in [-0.2, 0) is 11.3 Å². The maximum Gasteiger partial charge on any atom is 0.259 e. The average Bonchev–Trinajstić information content (AvgIpc) is 3.21. The molecule has 0 radical (unpaired) electrons. The topological polar surface area (TPSA) is 62.9 Å².